The van der Waals surface area contributed by atoms with Gasteiger partial charge < -0.3 is 9.72 Å². The molecule has 0 aliphatic rings. The van der Waals surface area contributed by atoms with Crippen molar-refractivity contribution in [1.29, 1.82) is 0 Å². The lowest BCUT2D eigenvalue weighted by Crippen LogP contribution is -2.16. The van der Waals surface area contributed by atoms with Crippen LogP contribution in [0.25, 0.3) is 16.6 Å². The number of carbonyl (C=O) groups excluding carboxylic acids is 1. The number of esters is 1. The summed E-state index contributed by atoms with van der Waals surface area (Å²) in [6.07, 6.45) is 4.44. The SMILES string of the molecule is O=C(CCc1c[nH]c2ccccc12)OCc1cc(=O)n2ccccc2n1. The lowest BCUT2D eigenvalue weighted by molar-refractivity contribution is -0.145. The van der Waals surface area contributed by atoms with Crippen molar-refractivity contribution in [2.45, 2.75) is 19.4 Å². The van der Waals surface area contributed by atoms with Gasteiger partial charge in [-0.3, -0.25) is 14.0 Å². The molecule has 0 aliphatic carbocycles. The Labute approximate surface area is 149 Å². The van der Waals surface area contributed by atoms with Crippen molar-refractivity contribution in [3.63, 3.8) is 0 Å². The molecule has 0 atom stereocenters. The Morgan fingerprint density at radius 2 is 2.00 bits per heavy atom. The molecule has 0 spiro atoms. The Kier molecular flexibility index (Phi) is 4.23. The van der Waals surface area contributed by atoms with Gasteiger partial charge in [0.05, 0.1) is 5.69 Å². The molecule has 130 valence electrons. The monoisotopic (exact) mass is 347 g/mol. The smallest absolute Gasteiger partial charge is 0.306 e. The molecule has 0 unspecified atom stereocenters. The van der Waals surface area contributed by atoms with Crippen LogP contribution in [0.2, 0.25) is 0 Å². The second-order valence-electron chi connectivity index (χ2n) is 6.03. The Hall–Kier alpha value is -3.41. The Balaban J connectivity index is 1.39. The van der Waals surface area contributed by atoms with E-state index in [1.54, 1.807) is 24.4 Å². The lowest BCUT2D eigenvalue weighted by Gasteiger charge is -2.06. The molecular weight excluding hydrogens is 330 g/mol. The number of aromatic amines is 1. The average Bonchev–Trinajstić information content (AvgIpc) is 3.08. The first-order chi connectivity index (χ1) is 12.7. The molecule has 0 radical (unpaired) electrons. The van der Waals surface area contributed by atoms with Crippen LogP contribution >= 0.6 is 0 Å². The van der Waals surface area contributed by atoms with Crippen LogP contribution in [0.1, 0.15) is 17.7 Å². The van der Waals surface area contributed by atoms with Crippen molar-refractivity contribution >= 4 is 22.5 Å². The summed E-state index contributed by atoms with van der Waals surface area (Å²) in [6, 6.07) is 14.7. The van der Waals surface area contributed by atoms with Gasteiger partial charge >= 0.3 is 5.97 Å². The minimum Gasteiger partial charge on any atom is -0.459 e. The number of hydrogen-bond donors (Lipinski definition) is 1. The number of nitrogens with zero attached hydrogens (tertiary/aromatic N) is 2. The van der Waals surface area contributed by atoms with E-state index in [9.17, 15) is 9.59 Å². The molecule has 0 saturated heterocycles. The number of fused-ring (bicyclic) bond motifs is 2. The third kappa shape index (κ3) is 3.21. The number of benzene rings is 1. The average molecular weight is 347 g/mol. The number of aryl methyl sites for hydroxylation is 1. The third-order valence-electron chi connectivity index (χ3n) is 4.28. The van der Waals surface area contributed by atoms with Crippen LogP contribution in [-0.2, 0) is 22.6 Å². The fraction of sp³-hybridized carbons (Fsp3) is 0.150. The minimum atomic E-state index is -0.314. The predicted molar refractivity (Wildman–Crippen MR) is 97.9 cm³/mol. The van der Waals surface area contributed by atoms with Gasteiger partial charge in [0.1, 0.15) is 12.3 Å². The number of aromatic nitrogens is 3. The molecule has 3 heterocycles. The van der Waals surface area contributed by atoms with Gasteiger partial charge in [-0.1, -0.05) is 24.3 Å². The maximum Gasteiger partial charge on any atom is 0.306 e. The van der Waals surface area contributed by atoms with Crippen LogP contribution in [0, 0.1) is 0 Å². The van der Waals surface area contributed by atoms with E-state index < -0.39 is 0 Å². The van der Waals surface area contributed by atoms with E-state index in [1.165, 1.54) is 10.5 Å². The van der Waals surface area contributed by atoms with Gasteiger partial charge in [-0.05, 0) is 30.2 Å². The Bertz CT molecular complexity index is 1140. The molecule has 0 aliphatic heterocycles. The summed E-state index contributed by atoms with van der Waals surface area (Å²) in [7, 11) is 0. The van der Waals surface area contributed by atoms with Crippen molar-refractivity contribution in [3.05, 3.63) is 82.5 Å². The molecule has 0 saturated carbocycles. The van der Waals surface area contributed by atoms with Crippen LogP contribution < -0.4 is 5.56 Å². The zero-order valence-electron chi connectivity index (χ0n) is 14.0. The Morgan fingerprint density at radius 1 is 1.15 bits per heavy atom. The van der Waals surface area contributed by atoms with Gasteiger partial charge in [-0.15, -0.1) is 0 Å². The molecule has 1 N–H and O–H groups in total. The number of nitrogens with one attached hydrogen (secondary N) is 1. The summed E-state index contributed by atoms with van der Waals surface area (Å²) in [5, 5.41) is 1.12. The highest BCUT2D eigenvalue weighted by atomic mass is 16.5. The standard InChI is InChI=1S/C20H17N3O3/c24-19-11-15(22-18-7-3-4-10-23(18)19)13-26-20(25)9-8-14-12-21-17-6-2-1-5-16(14)17/h1-7,10-12,21H,8-9,13H2. The summed E-state index contributed by atoms with van der Waals surface area (Å²) in [5.74, 6) is -0.314. The van der Waals surface area contributed by atoms with Crippen molar-refractivity contribution in [2.24, 2.45) is 0 Å². The molecular formula is C20H17N3O3. The largest absolute Gasteiger partial charge is 0.459 e. The molecule has 6 heteroatoms. The molecule has 26 heavy (non-hydrogen) atoms. The maximum absolute atomic E-state index is 12.1. The number of H-pyrrole nitrogens is 1. The fourth-order valence-electron chi connectivity index (χ4n) is 2.98. The number of ether oxygens (including phenoxy) is 1. The van der Waals surface area contributed by atoms with Gasteiger partial charge in [0.2, 0.25) is 0 Å². The highest BCUT2D eigenvalue weighted by Gasteiger charge is 2.09. The van der Waals surface area contributed by atoms with E-state index in [4.69, 9.17) is 4.74 Å². The molecule has 3 aromatic heterocycles. The van der Waals surface area contributed by atoms with Crippen LogP contribution in [0.3, 0.4) is 0 Å². The summed E-state index contributed by atoms with van der Waals surface area (Å²) < 4.78 is 6.73. The summed E-state index contributed by atoms with van der Waals surface area (Å²) in [4.78, 5) is 31.6. The number of pyridine rings is 1. The second-order valence-corrected chi connectivity index (χ2v) is 6.03. The van der Waals surface area contributed by atoms with E-state index in [0.717, 1.165) is 16.5 Å². The lowest BCUT2D eigenvalue weighted by atomic mass is 10.1. The topological polar surface area (TPSA) is 76.5 Å². The molecule has 4 rings (SSSR count). The van der Waals surface area contributed by atoms with Gasteiger partial charge in [-0.2, -0.15) is 0 Å². The fourth-order valence-corrected chi connectivity index (χ4v) is 2.98. The molecule has 0 bridgehead atoms. The maximum atomic E-state index is 12.1. The quantitative estimate of drug-likeness (QED) is 0.563. The van der Waals surface area contributed by atoms with Crippen molar-refractivity contribution in [2.75, 3.05) is 0 Å². The zero-order valence-corrected chi connectivity index (χ0v) is 14.0. The van der Waals surface area contributed by atoms with Crippen molar-refractivity contribution < 1.29 is 9.53 Å². The highest BCUT2D eigenvalue weighted by molar-refractivity contribution is 5.83. The van der Waals surface area contributed by atoms with E-state index in [0.29, 0.717) is 17.8 Å². The summed E-state index contributed by atoms with van der Waals surface area (Å²) in [5.41, 5.74) is 2.92. The van der Waals surface area contributed by atoms with E-state index >= 15 is 0 Å². The summed E-state index contributed by atoms with van der Waals surface area (Å²) >= 11 is 0. The summed E-state index contributed by atoms with van der Waals surface area (Å²) in [6.45, 7) is -0.00660. The number of para-hydroxylation sites is 1. The van der Waals surface area contributed by atoms with Crippen LogP contribution in [-0.4, -0.2) is 20.3 Å². The third-order valence-corrected chi connectivity index (χ3v) is 4.28. The van der Waals surface area contributed by atoms with Gasteiger partial charge in [0.25, 0.3) is 5.56 Å². The van der Waals surface area contributed by atoms with Gasteiger partial charge in [-0.25, -0.2) is 4.98 Å². The van der Waals surface area contributed by atoms with E-state index in [2.05, 4.69) is 9.97 Å². The number of carbonyl (C=O) groups is 1. The zero-order chi connectivity index (χ0) is 17.9. The van der Waals surface area contributed by atoms with Crippen molar-refractivity contribution in [3.8, 4) is 0 Å². The van der Waals surface area contributed by atoms with E-state index in [1.807, 2.05) is 30.5 Å². The first-order valence-corrected chi connectivity index (χ1v) is 8.39. The second kappa shape index (κ2) is 6.84. The molecule has 4 aromatic rings. The van der Waals surface area contributed by atoms with Gasteiger partial charge in [0.15, 0.2) is 0 Å². The molecule has 1 aromatic carbocycles. The number of hydrogen-bond acceptors (Lipinski definition) is 4. The Morgan fingerprint density at radius 3 is 2.92 bits per heavy atom. The first-order valence-electron chi connectivity index (χ1n) is 8.39. The predicted octanol–water partition coefficient (Wildman–Crippen LogP) is 2.85. The molecule has 0 fully saturated rings. The normalized spacial score (nSPS) is 11.1. The highest BCUT2D eigenvalue weighted by Crippen LogP contribution is 2.19. The van der Waals surface area contributed by atoms with Crippen LogP contribution in [0.5, 0.6) is 0 Å². The number of rotatable bonds is 5. The van der Waals surface area contributed by atoms with Crippen molar-refractivity contribution in [1.82, 2.24) is 14.4 Å². The minimum absolute atomic E-state index is 0.00660. The van der Waals surface area contributed by atoms with Gasteiger partial charge in [0, 0.05) is 35.8 Å². The van der Waals surface area contributed by atoms with Crippen LogP contribution in [0.15, 0.2) is 65.7 Å². The molecule has 6 nitrogen and oxygen atoms in total. The van der Waals surface area contributed by atoms with Crippen LogP contribution in [0.4, 0.5) is 0 Å². The molecule has 0 amide bonds. The first kappa shape index (κ1) is 16.1. The van der Waals surface area contributed by atoms with E-state index in [-0.39, 0.29) is 24.6 Å².